The second-order valence-electron chi connectivity index (χ2n) is 5.93. The van der Waals surface area contributed by atoms with Crippen molar-refractivity contribution in [1.82, 2.24) is 9.97 Å². The smallest absolute Gasteiger partial charge is 0.131 e. The molecule has 0 atom stereocenters. The molecular formula is C14H21ClN2. The lowest BCUT2D eigenvalue weighted by Crippen LogP contribution is -2.21. The van der Waals surface area contributed by atoms with Crippen molar-refractivity contribution in [3.05, 3.63) is 23.3 Å². The van der Waals surface area contributed by atoms with Gasteiger partial charge in [-0.1, -0.05) is 13.8 Å². The maximum Gasteiger partial charge on any atom is 0.131 e. The Morgan fingerprint density at radius 1 is 1.29 bits per heavy atom. The van der Waals surface area contributed by atoms with Gasteiger partial charge in [0, 0.05) is 11.6 Å². The van der Waals surface area contributed by atoms with E-state index in [-0.39, 0.29) is 0 Å². The molecule has 1 aromatic rings. The molecule has 1 saturated carbocycles. The van der Waals surface area contributed by atoms with Crippen LogP contribution in [0.15, 0.2) is 6.07 Å². The maximum atomic E-state index is 5.86. The number of rotatable bonds is 2. The number of halogens is 1. The molecule has 1 aromatic heterocycles. The largest absolute Gasteiger partial charge is 0.238 e. The van der Waals surface area contributed by atoms with E-state index in [9.17, 15) is 0 Å². The van der Waals surface area contributed by atoms with Crippen LogP contribution in [0, 0.1) is 12.3 Å². The van der Waals surface area contributed by atoms with Crippen molar-refractivity contribution in [2.45, 2.75) is 58.3 Å². The fourth-order valence-corrected chi connectivity index (χ4v) is 2.70. The van der Waals surface area contributed by atoms with Gasteiger partial charge in [-0.05, 0) is 44.1 Å². The molecule has 0 bridgehead atoms. The Labute approximate surface area is 109 Å². The molecule has 2 nitrogen and oxygen atoms in total. The lowest BCUT2D eigenvalue weighted by molar-refractivity contribution is 0.220. The van der Waals surface area contributed by atoms with Crippen molar-refractivity contribution in [1.29, 1.82) is 0 Å². The summed E-state index contributed by atoms with van der Waals surface area (Å²) in [6, 6.07) is 1.98. The van der Waals surface area contributed by atoms with E-state index in [2.05, 4.69) is 23.8 Å². The summed E-state index contributed by atoms with van der Waals surface area (Å²) in [5.74, 6) is 2.02. The van der Waals surface area contributed by atoms with E-state index in [0.717, 1.165) is 17.2 Å². The Hall–Kier alpha value is -0.630. The first-order chi connectivity index (χ1) is 8.00. The highest BCUT2D eigenvalue weighted by Crippen LogP contribution is 2.41. The van der Waals surface area contributed by atoms with Gasteiger partial charge in [-0.3, -0.25) is 0 Å². The number of hydrogen-bond donors (Lipinski definition) is 0. The molecule has 1 aliphatic carbocycles. The molecule has 0 N–H and O–H groups in total. The summed E-state index contributed by atoms with van der Waals surface area (Å²) in [5, 5.41) is 0. The van der Waals surface area contributed by atoms with Crippen LogP contribution in [-0.4, -0.2) is 9.97 Å². The average Bonchev–Trinajstić information content (AvgIpc) is 2.28. The van der Waals surface area contributed by atoms with Crippen molar-refractivity contribution >= 4 is 11.6 Å². The van der Waals surface area contributed by atoms with Crippen LogP contribution in [0.1, 0.15) is 62.7 Å². The van der Waals surface area contributed by atoms with E-state index < -0.39 is 0 Å². The topological polar surface area (TPSA) is 25.8 Å². The van der Waals surface area contributed by atoms with E-state index in [1.807, 2.05) is 13.0 Å². The molecule has 0 amide bonds. The summed E-state index contributed by atoms with van der Waals surface area (Å²) >= 11 is 5.86. The predicted octanol–water partition coefficient (Wildman–Crippen LogP) is 4.21. The SMILES string of the molecule is Cc1cc(CCl)nc(C2CCC(C)(C)CC2)n1. The Bertz CT molecular complexity index is 391. The van der Waals surface area contributed by atoms with E-state index in [1.54, 1.807) is 0 Å². The predicted molar refractivity (Wildman–Crippen MR) is 71.3 cm³/mol. The van der Waals surface area contributed by atoms with Gasteiger partial charge in [0.15, 0.2) is 0 Å². The van der Waals surface area contributed by atoms with E-state index >= 15 is 0 Å². The van der Waals surface area contributed by atoms with Crippen LogP contribution in [0.5, 0.6) is 0 Å². The van der Waals surface area contributed by atoms with Gasteiger partial charge in [0.25, 0.3) is 0 Å². The van der Waals surface area contributed by atoms with Crippen molar-refractivity contribution < 1.29 is 0 Å². The molecule has 0 unspecified atom stereocenters. The third-order valence-corrected chi connectivity index (χ3v) is 4.04. The molecule has 2 rings (SSSR count). The Kier molecular flexibility index (Phi) is 3.72. The molecule has 3 heteroatoms. The van der Waals surface area contributed by atoms with Gasteiger partial charge in [-0.2, -0.15) is 0 Å². The zero-order valence-corrected chi connectivity index (χ0v) is 11.7. The number of aryl methyl sites for hydroxylation is 1. The monoisotopic (exact) mass is 252 g/mol. The molecule has 0 aromatic carbocycles. The third-order valence-electron chi connectivity index (χ3n) is 3.77. The van der Waals surface area contributed by atoms with Crippen molar-refractivity contribution in [2.75, 3.05) is 0 Å². The fraction of sp³-hybridized carbons (Fsp3) is 0.714. The molecular weight excluding hydrogens is 232 g/mol. The van der Waals surface area contributed by atoms with Crippen LogP contribution in [0.2, 0.25) is 0 Å². The van der Waals surface area contributed by atoms with Gasteiger partial charge < -0.3 is 0 Å². The van der Waals surface area contributed by atoms with Gasteiger partial charge in [-0.15, -0.1) is 11.6 Å². The molecule has 94 valence electrons. The summed E-state index contributed by atoms with van der Waals surface area (Å²) in [7, 11) is 0. The van der Waals surface area contributed by atoms with Crippen LogP contribution in [0.25, 0.3) is 0 Å². The number of nitrogens with zero attached hydrogens (tertiary/aromatic N) is 2. The average molecular weight is 253 g/mol. The highest BCUT2D eigenvalue weighted by Gasteiger charge is 2.29. The first-order valence-corrected chi connectivity index (χ1v) is 6.94. The van der Waals surface area contributed by atoms with E-state index in [1.165, 1.54) is 25.7 Å². The quantitative estimate of drug-likeness (QED) is 0.737. The van der Waals surface area contributed by atoms with Crippen LogP contribution in [0.4, 0.5) is 0 Å². The fourth-order valence-electron chi connectivity index (χ4n) is 2.57. The summed E-state index contributed by atoms with van der Waals surface area (Å²) in [5.41, 5.74) is 2.49. The summed E-state index contributed by atoms with van der Waals surface area (Å²) in [6.07, 6.45) is 4.95. The normalized spacial score (nSPS) is 20.5. The zero-order valence-electron chi connectivity index (χ0n) is 11.0. The highest BCUT2D eigenvalue weighted by atomic mass is 35.5. The first-order valence-electron chi connectivity index (χ1n) is 6.40. The lowest BCUT2D eigenvalue weighted by atomic mass is 9.73. The minimum Gasteiger partial charge on any atom is -0.238 e. The highest BCUT2D eigenvalue weighted by molar-refractivity contribution is 6.16. The van der Waals surface area contributed by atoms with Gasteiger partial charge in [0.05, 0.1) is 11.6 Å². The molecule has 0 spiro atoms. The summed E-state index contributed by atoms with van der Waals surface area (Å²) < 4.78 is 0. The Balaban J connectivity index is 2.15. The van der Waals surface area contributed by atoms with E-state index in [0.29, 0.717) is 17.2 Å². The second kappa shape index (κ2) is 4.93. The van der Waals surface area contributed by atoms with Crippen molar-refractivity contribution in [3.8, 4) is 0 Å². The number of aromatic nitrogens is 2. The number of hydrogen-bond acceptors (Lipinski definition) is 2. The molecule has 0 saturated heterocycles. The van der Waals surface area contributed by atoms with Crippen molar-refractivity contribution in [3.63, 3.8) is 0 Å². The van der Waals surface area contributed by atoms with Gasteiger partial charge in [0.1, 0.15) is 5.82 Å². The summed E-state index contributed by atoms with van der Waals surface area (Å²) in [4.78, 5) is 9.16. The van der Waals surface area contributed by atoms with Crippen LogP contribution in [-0.2, 0) is 5.88 Å². The van der Waals surface area contributed by atoms with Crippen LogP contribution >= 0.6 is 11.6 Å². The second-order valence-corrected chi connectivity index (χ2v) is 6.20. The van der Waals surface area contributed by atoms with Gasteiger partial charge in [-0.25, -0.2) is 9.97 Å². The maximum absolute atomic E-state index is 5.86. The van der Waals surface area contributed by atoms with Crippen LogP contribution < -0.4 is 0 Å². The molecule has 1 heterocycles. The molecule has 1 aliphatic rings. The minimum absolute atomic E-state index is 0.481. The molecule has 0 radical (unpaired) electrons. The van der Waals surface area contributed by atoms with E-state index in [4.69, 9.17) is 11.6 Å². The van der Waals surface area contributed by atoms with Crippen LogP contribution in [0.3, 0.4) is 0 Å². The Morgan fingerprint density at radius 3 is 2.53 bits per heavy atom. The van der Waals surface area contributed by atoms with Gasteiger partial charge >= 0.3 is 0 Å². The minimum atomic E-state index is 0.481. The Morgan fingerprint density at radius 2 is 1.94 bits per heavy atom. The first kappa shape index (κ1) is 12.8. The third kappa shape index (κ3) is 3.19. The number of alkyl halides is 1. The standard InChI is InChI=1S/C14H21ClN2/c1-10-8-12(9-15)17-13(16-10)11-4-6-14(2,3)7-5-11/h8,11H,4-7,9H2,1-3H3. The molecule has 1 fully saturated rings. The molecule has 0 aliphatic heterocycles. The molecule has 17 heavy (non-hydrogen) atoms. The van der Waals surface area contributed by atoms with Crippen molar-refractivity contribution in [2.24, 2.45) is 5.41 Å². The zero-order chi connectivity index (χ0) is 12.5. The lowest BCUT2D eigenvalue weighted by Gasteiger charge is -2.33. The summed E-state index contributed by atoms with van der Waals surface area (Å²) in [6.45, 7) is 6.73. The van der Waals surface area contributed by atoms with Gasteiger partial charge in [0.2, 0.25) is 0 Å².